The molecular formula is C18H19N5O2. The predicted octanol–water partition coefficient (Wildman–Crippen LogP) is 2.65. The Bertz CT molecular complexity index is 886. The number of hydrogen-bond donors (Lipinski definition) is 1. The second kappa shape index (κ2) is 6.98. The van der Waals surface area contributed by atoms with Crippen LogP contribution in [0.4, 0.5) is 5.69 Å². The molecule has 1 aromatic carbocycles. The van der Waals surface area contributed by atoms with Gasteiger partial charge in [0.25, 0.3) is 5.91 Å². The van der Waals surface area contributed by atoms with Crippen LogP contribution in [0.15, 0.2) is 42.9 Å². The van der Waals surface area contributed by atoms with Gasteiger partial charge in [-0.2, -0.15) is 5.10 Å². The maximum Gasteiger partial charge on any atom is 0.275 e. The van der Waals surface area contributed by atoms with E-state index in [0.29, 0.717) is 17.7 Å². The molecule has 1 atom stereocenters. The molecule has 0 bridgehead atoms. The van der Waals surface area contributed by atoms with Gasteiger partial charge in [-0.15, -0.1) is 0 Å². The molecule has 1 saturated heterocycles. The van der Waals surface area contributed by atoms with E-state index in [1.807, 2.05) is 30.5 Å². The summed E-state index contributed by atoms with van der Waals surface area (Å²) >= 11 is 0. The highest BCUT2D eigenvalue weighted by Crippen LogP contribution is 2.16. The zero-order valence-corrected chi connectivity index (χ0v) is 13.8. The third kappa shape index (κ3) is 3.66. The van der Waals surface area contributed by atoms with Crippen molar-refractivity contribution < 1.29 is 9.53 Å². The molecular weight excluding hydrogens is 318 g/mol. The summed E-state index contributed by atoms with van der Waals surface area (Å²) in [5, 5.41) is 7.11. The average molecular weight is 337 g/mol. The van der Waals surface area contributed by atoms with Crippen molar-refractivity contribution in [1.29, 1.82) is 0 Å². The molecule has 3 aromatic rings. The van der Waals surface area contributed by atoms with Crippen molar-refractivity contribution in [2.24, 2.45) is 0 Å². The van der Waals surface area contributed by atoms with Crippen molar-refractivity contribution in [2.75, 3.05) is 11.9 Å². The Labute approximate surface area is 145 Å². The largest absolute Gasteiger partial charge is 0.376 e. The minimum Gasteiger partial charge on any atom is -0.376 e. The monoisotopic (exact) mass is 337 g/mol. The van der Waals surface area contributed by atoms with E-state index in [2.05, 4.69) is 20.4 Å². The van der Waals surface area contributed by atoms with Gasteiger partial charge in [-0.1, -0.05) is 12.1 Å². The number of hydrogen-bond acceptors (Lipinski definition) is 5. The third-order valence-electron chi connectivity index (χ3n) is 4.24. The molecule has 1 aliphatic rings. The van der Waals surface area contributed by atoms with E-state index in [1.165, 1.54) is 12.6 Å². The number of benzene rings is 1. The van der Waals surface area contributed by atoms with E-state index in [4.69, 9.17) is 4.74 Å². The number of aromatic nitrogens is 4. The maximum atomic E-state index is 12.4. The smallest absolute Gasteiger partial charge is 0.275 e. The van der Waals surface area contributed by atoms with E-state index in [0.717, 1.165) is 25.0 Å². The zero-order chi connectivity index (χ0) is 17.1. The number of amides is 1. The number of anilines is 1. The first kappa shape index (κ1) is 15.7. The summed E-state index contributed by atoms with van der Waals surface area (Å²) in [6, 6.07) is 7.46. The van der Waals surface area contributed by atoms with Gasteiger partial charge in [0.2, 0.25) is 0 Å². The fourth-order valence-corrected chi connectivity index (χ4v) is 2.95. The summed E-state index contributed by atoms with van der Waals surface area (Å²) in [6.45, 7) is 1.52. The van der Waals surface area contributed by atoms with Gasteiger partial charge >= 0.3 is 0 Å². The summed E-state index contributed by atoms with van der Waals surface area (Å²) in [4.78, 5) is 21.0. The normalized spacial score (nSPS) is 17.5. The van der Waals surface area contributed by atoms with Crippen molar-refractivity contribution in [3.63, 3.8) is 0 Å². The van der Waals surface area contributed by atoms with Crippen LogP contribution in [-0.2, 0) is 11.3 Å². The van der Waals surface area contributed by atoms with E-state index < -0.39 is 0 Å². The molecule has 1 amide bonds. The highest BCUT2D eigenvalue weighted by Gasteiger charge is 2.16. The molecule has 0 radical (unpaired) electrons. The molecule has 1 N–H and O–H groups in total. The Hall–Kier alpha value is -2.80. The van der Waals surface area contributed by atoms with Crippen LogP contribution < -0.4 is 5.32 Å². The van der Waals surface area contributed by atoms with Crippen LogP contribution in [0.25, 0.3) is 11.0 Å². The topological polar surface area (TPSA) is 81.9 Å². The highest BCUT2D eigenvalue weighted by atomic mass is 16.5. The molecule has 25 heavy (non-hydrogen) atoms. The fourth-order valence-electron chi connectivity index (χ4n) is 2.95. The minimum absolute atomic E-state index is 0.198. The lowest BCUT2D eigenvalue weighted by Crippen LogP contribution is -2.24. The van der Waals surface area contributed by atoms with Gasteiger partial charge in [0.1, 0.15) is 5.69 Å². The molecule has 1 fully saturated rings. The van der Waals surface area contributed by atoms with Gasteiger partial charge in [0.05, 0.1) is 41.8 Å². The minimum atomic E-state index is -0.299. The molecule has 0 saturated carbocycles. The molecule has 128 valence electrons. The summed E-state index contributed by atoms with van der Waals surface area (Å²) in [6.07, 6.45) is 8.49. The third-order valence-corrected chi connectivity index (χ3v) is 4.24. The van der Waals surface area contributed by atoms with Crippen molar-refractivity contribution in [3.8, 4) is 0 Å². The first-order valence-electron chi connectivity index (χ1n) is 8.45. The van der Waals surface area contributed by atoms with Crippen LogP contribution in [0, 0.1) is 0 Å². The maximum absolute atomic E-state index is 12.4. The van der Waals surface area contributed by atoms with Crippen molar-refractivity contribution in [3.05, 3.63) is 48.5 Å². The Kier molecular flexibility index (Phi) is 4.39. The van der Waals surface area contributed by atoms with E-state index in [1.54, 1.807) is 10.9 Å². The van der Waals surface area contributed by atoms with Crippen LogP contribution in [0.2, 0.25) is 0 Å². The highest BCUT2D eigenvalue weighted by molar-refractivity contribution is 6.03. The first-order valence-corrected chi connectivity index (χ1v) is 8.45. The summed E-state index contributed by atoms with van der Waals surface area (Å²) in [7, 11) is 0. The lowest BCUT2D eigenvalue weighted by molar-refractivity contribution is 0.00401. The van der Waals surface area contributed by atoms with Gasteiger partial charge in [0, 0.05) is 12.8 Å². The molecule has 1 aliphatic heterocycles. The quantitative estimate of drug-likeness (QED) is 0.791. The van der Waals surface area contributed by atoms with Gasteiger partial charge in [0.15, 0.2) is 0 Å². The van der Waals surface area contributed by atoms with Crippen molar-refractivity contribution in [2.45, 2.75) is 31.9 Å². The lowest BCUT2D eigenvalue weighted by Gasteiger charge is -2.22. The zero-order valence-electron chi connectivity index (χ0n) is 13.8. The number of fused-ring (bicyclic) bond motifs is 1. The molecule has 7 nitrogen and oxygen atoms in total. The van der Waals surface area contributed by atoms with Crippen molar-refractivity contribution in [1.82, 2.24) is 19.7 Å². The Balaban J connectivity index is 1.43. The van der Waals surface area contributed by atoms with Gasteiger partial charge < -0.3 is 10.1 Å². The Morgan fingerprint density at radius 3 is 2.96 bits per heavy atom. The van der Waals surface area contributed by atoms with E-state index in [-0.39, 0.29) is 17.7 Å². The number of carbonyl (C=O) groups is 1. The van der Waals surface area contributed by atoms with Crippen LogP contribution >= 0.6 is 0 Å². The molecule has 1 unspecified atom stereocenters. The number of rotatable bonds is 4. The molecule has 0 spiro atoms. The molecule has 3 heterocycles. The Morgan fingerprint density at radius 1 is 1.24 bits per heavy atom. The van der Waals surface area contributed by atoms with Crippen LogP contribution in [0.1, 0.15) is 29.8 Å². The second-order valence-electron chi connectivity index (χ2n) is 6.14. The number of carbonyl (C=O) groups excluding carboxylic acids is 1. The number of ether oxygens (including phenoxy) is 1. The predicted molar refractivity (Wildman–Crippen MR) is 93.3 cm³/mol. The number of nitrogens with one attached hydrogen (secondary N) is 1. The average Bonchev–Trinajstić information content (AvgIpc) is 3.09. The summed E-state index contributed by atoms with van der Waals surface area (Å²) < 4.78 is 7.52. The van der Waals surface area contributed by atoms with Crippen LogP contribution in [-0.4, -0.2) is 38.4 Å². The second-order valence-corrected chi connectivity index (χ2v) is 6.14. The van der Waals surface area contributed by atoms with Crippen LogP contribution in [0.5, 0.6) is 0 Å². The number of para-hydroxylation sites is 2. The standard InChI is InChI=1S/C18H19N5O2/c24-18(17-10-19-15-6-1-2-7-16(15)22-17)21-13-9-20-23(11-13)12-14-5-3-4-8-25-14/h1-2,6-7,9-11,14H,3-5,8,12H2,(H,21,24). The summed E-state index contributed by atoms with van der Waals surface area (Å²) in [5.74, 6) is -0.299. The van der Waals surface area contributed by atoms with E-state index >= 15 is 0 Å². The number of nitrogens with zero attached hydrogens (tertiary/aromatic N) is 4. The van der Waals surface area contributed by atoms with Gasteiger partial charge in [-0.05, 0) is 31.4 Å². The molecule has 4 rings (SSSR count). The molecule has 2 aromatic heterocycles. The molecule has 0 aliphatic carbocycles. The van der Waals surface area contributed by atoms with E-state index in [9.17, 15) is 4.79 Å². The SMILES string of the molecule is O=C(Nc1cnn(CC2CCCCO2)c1)c1cnc2ccccc2n1. The Morgan fingerprint density at radius 2 is 2.12 bits per heavy atom. The van der Waals surface area contributed by atoms with Gasteiger partial charge in [-0.25, -0.2) is 4.98 Å². The van der Waals surface area contributed by atoms with Crippen LogP contribution in [0.3, 0.4) is 0 Å². The van der Waals surface area contributed by atoms with Gasteiger partial charge in [-0.3, -0.25) is 14.5 Å². The lowest BCUT2D eigenvalue weighted by atomic mass is 10.1. The van der Waals surface area contributed by atoms with Crippen molar-refractivity contribution >= 4 is 22.6 Å². The first-order chi connectivity index (χ1) is 12.3. The molecule has 7 heteroatoms. The summed E-state index contributed by atoms with van der Waals surface area (Å²) in [5.41, 5.74) is 2.37. The fraction of sp³-hybridized carbons (Fsp3) is 0.333.